The molecule has 10 atom stereocenters. The second-order valence-corrected chi connectivity index (χ2v) is 16.0. The van der Waals surface area contributed by atoms with Crippen molar-refractivity contribution in [3.63, 3.8) is 0 Å². The number of Topliss-reactive ketones (excluding diaryl/α,β-unsaturated/α-hetero) is 1. The van der Waals surface area contributed by atoms with Gasteiger partial charge in [-0.1, -0.05) is 32.6 Å². The van der Waals surface area contributed by atoms with Gasteiger partial charge in [0.15, 0.2) is 0 Å². The van der Waals surface area contributed by atoms with Gasteiger partial charge in [-0.2, -0.15) is 0 Å². The van der Waals surface area contributed by atoms with E-state index in [0.717, 1.165) is 6.42 Å². The van der Waals surface area contributed by atoms with Gasteiger partial charge in [0.05, 0.1) is 18.8 Å². The van der Waals surface area contributed by atoms with Gasteiger partial charge in [0, 0.05) is 87.3 Å². The average molecular weight is 901 g/mol. The van der Waals surface area contributed by atoms with Gasteiger partial charge in [-0.3, -0.25) is 65.5 Å². The molecule has 0 spiro atoms. The summed E-state index contributed by atoms with van der Waals surface area (Å²) in [5.41, 5.74) is 0. The molecule has 0 saturated carbocycles. The summed E-state index contributed by atoms with van der Waals surface area (Å²) in [6.45, 7) is 1.85. The van der Waals surface area contributed by atoms with Gasteiger partial charge in [0.25, 0.3) is 5.97 Å². The average Bonchev–Trinajstić information content (AvgIpc) is 3.16. The molecule has 26 heteroatoms. The summed E-state index contributed by atoms with van der Waals surface area (Å²) in [4.78, 5) is 89.7. The highest BCUT2D eigenvalue weighted by atomic mass is 16.7. The first-order chi connectivity index (χ1) is 29.0. The number of unbranched alkanes of at least 4 members (excludes halogenated alkanes) is 6. The highest BCUT2D eigenvalue weighted by molar-refractivity contribution is 5.93. The van der Waals surface area contributed by atoms with Crippen LogP contribution in [-0.4, -0.2) is 133 Å². The Balaban J connectivity index is 5.08. The number of aliphatic hydroxyl groups is 6. The molecule has 0 rings (SSSR count). The van der Waals surface area contributed by atoms with Crippen molar-refractivity contribution in [2.75, 3.05) is 0 Å². The Morgan fingerprint density at radius 3 is 1.42 bits per heavy atom. The van der Waals surface area contributed by atoms with E-state index in [-0.39, 0.29) is 89.9 Å². The van der Waals surface area contributed by atoms with Gasteiger partial charge in [0.2, 0.25) is 36.3 Å². The third-order valence-electron chi connectivity index (χ3n) is 11.1. The Morgan fingerprint density at radius 2 is 0.935 bits per heavy atom. The smallest absolute Gasteiger partial charge is 0.275 e. The number of carbonyl (C=O) groups is 2. The third-order valence-corrected chi connectivity index (χ3v) is 11.1. The van der Waals surface area contributed by atoms with Crippen molar-refractivity contribution in [3.8, 4) is 0 Å². The van der Waals surface area contributed by atoms with Crippen LogP contribution in [0.3, 0.4) is 0 Å². The number of aliphatic hydroxyl groups excluding tert-OH is 3. The maximum absolute atomic E-state index is 12.8. The van der Waals surface area contributed by atoms with Crippen LogP contribution in [0.2, 0.25) is 0 Å². The minimum Gasteiger partial charge on any atom is -0.386 e. The SMILES string of the molecule is CCCCCC(C(O)CC(C(O)CC(O)C(CCCC(C=O)C(=O)CCCCCC(CC(CCC(CCCCCC(O)(O)O)[N+](=O)[O-])[N+](=O)[O-])[N+](=O)[O-])[N+](=O)[O-])[N+](=O)[O-])[N+](=O)[O-]. The number of hydrogen-bond acceptors (Lipinski definition) is 20. The number of aldehydes is 1. The van der Waals surface area contributed by atoms with Gasteiger partial charge in [-0.05, 0) is 44.9 Å². The molecule has 0 fully saturated rings. The maximum atomic E-state index is 12.8. The van der Waals surface area contributed by atoms with Crippen LogP contribution in [0.4, 0.5) is 0 Å². The molecule has 0 bridgehead atoms. The van der Waals surface area contributed by atoms with Crippen LogP contribution < -0.4 is 0 Å². The van der Waals surface area contributed by atoms with Crippen molar-refractivity contribution in [3.05, 3.63) is 60.7 Å². The zero-order chi connectivity index (χ0) is 47.6. The van der Waals surface area contributed by atoms with Crippen LogP contribution >= 0.6 is 0 Å². The van der Waals surface area contributed by atoms with Crippen LogP contribution in [0.5, 0.6) is 0 Å². The Morgan fingerprint density at radius 1 is 0.500 bits per heavy atom. The first-order valence-corrected chi connectivity index (χ1v) is 21.0. The third kappa shape index (κ3) is 24.2. The predicted octanol–water partition coefficient (Wildman–Crippen LogP) is 2.56. The van der Waals surface area contributed by atoms with Crippen molar-refractivity contribution in [2.24, 2.45) is 5.92 Å². The Hall–Kier alpha value is -4.50. The minimum absolute atomic E-state index is 0.0154. The van der Waals surface area contributed by atoms with E-state index >= 15 is 0 Å². The molecular formula is C36H64N6O20. The van der Waals surface area contributed by atoms with Gasteiger partial charge < -0.3 is 35.4 Å². The molecule has 26 nitrogen and oxygen atoms in total. The second kappa shape index (κ2) is 30.5. The molecule has 10 unspecified atom stereocenters. The molecular weight excluding hydrogens is 836 g/mol. The molecule has 358 valence electrons. The van der Waals surface area contributed by atoms with Crippen molar-refractivity contribution in [2.45, 2.75) is 209 Å². The standard InChI is InChI=1S/C36H64N6O20/c1-2-3-6-15-29(40(57)58)33(45)22-31(42(61)62)35(47)23-34(46)30(41(59)60)16-11-12-25(24-43)32(44)17-9-4-7-14-27(38(53)54)21-28(39(55)56)19-18-26(37(51)52)13-8-5-10-20-36(48,49)50/h24-31,33-35,45-50H,2-23H2,1H3. The molecule has 0 amide bonds. The quantitative estimate of drug-likeness (QED) is 0.0128. The van der Waals surface area contributed by atoms with E-state index in [9.17, 15) is 85.6 Å². The summed E-state index contributed by atoms with van der Waals surface area (Å²) < 4.78 is 0. The number of nitro groups is 6. The largest absolute Gasteiger partial charge is 0.386 e. The second-order valence-electron chi connectivity index (χ2n) is 16.0. The summed E-state index contributed by atoms with van der Waals surface area (Å²) >= 11 is 0. The Labute approximate surface area is 357 Å². The number of carbonyl (C=O) groups excluding carboxylic acids is 2. The first-order valence-electron chi connectivity index (χ1n) is 21.0. The van der Waals surface area contributed by atoms with Crippen LogP contribution in [0.1, 0.15) is 148 Å². The molecule has 6 N–H and O–H groups in total. The van der Waals surface area contributed by atoms with Gasteiger partial charge in [-0.15, -0.1) is 0 Å². The topological polar surface area (TPSA) is 414 Å². The van der Waals surface area contributed by atoms with E-state index in [1.165, 1.54) is 0 Å². The molecule has 62 heavy (non-hydrogen) atoms. The fourth-order valence-corrected chi connectivity index (χ4v) is 7.31. The molecule has 0 radical (unpaired) electrons. The normalized spacial score (nSPS) is 16.7. The van der Waals surface area contributed by atoms with Gasteiger partial charge >= 0.3 is 0 Å². The van der Waals surface area contributed by atoms with E-state index in [0.29, 0.717) is 25.5 Å². The Kier molecular flexibility index (Phi) is 28.3. The molecule has 0 aromatic rings. The number of hydrogen-bond donors (Lipinski definition) is 6. The molecule has 0 aliphatic carbocycles. The van der Waals surface area contributed by atoms with Crippen molar-refractivity contribution >= 4 is 12.1 Å². The first kappa shape index (κ1) is 57.5. The van der Waals surface area contributed by atoms with E-state index in [1.807, 2.05) is 6.92 Å². The predicted molar refractivity (Wildman–Crippen MR) is 214 cm³/mol. The monoisotopic (exact) mass is 900 g/mol. The van der Waals surface area contributed by atoms with E-state index in [4.69, 9.17) is 15.3 Å². The van der Waals surface area contributed by atoms with Crippen molar-refractivity contribution in [1.29, 1.82) is 0 Å². The Bertz CT molecular complexity index is 1420. The summed E-state index contributed by atoms with van der Waals surface area (Å²) in [5.74, 6) is -4.59. The maximum Gasteiger partial charge on any atom is 0.275 e. The number of ketones is 1. The zero-order valence-corrected chi connectivity index (χ0v) is 35.0. The van der Waals surface area contributed by atoms with Crippen molar-refractivity contribution in [1.82, 2.24) is 0 Å². The summed E-state index contributed by atoms with van der Waals surface area (Å²) in [7, 11) is 0. The van der Waals surface area contributed by atoms with Gasteiger partial charge in [0.1, 0.15) is 30.4 Å². The lowest BCUT2D eigenvalue weighted by Gasteiger charge is -2.23. The zero-order valence-electron chi connectivity index (χ0n) is 35.0. The molecule has 0 aliphatic rings. The van der Waals surface area contributed by atoms with Crippen LogP contribution in [0, 0.1) is 66.6 Å². The molecule has 0 aliphatic heterocycles. The lowest BCUT2D eigenvalue weighted by molar-refractivity contribution is -0.564. The molecule has 0 saturated heterocycles. The summed E-state index contributed by atoms with van der Waals surface area (Å²) in [6, 6.07) is -9.33. The fraction of sp³-hybridized carbons (Fsp3) is 0.944. The van der Waals surface area contributed by atoms with E-state index in [1.54, 1.807) is 0 Å². The van der Waals surface area contributed by atoms with Crippen molar-refractivity contribution < 1.29 is 69.8 Å². The summed E-state index contributed by atoms with van der Waals surface area (Å²) in [5, 5.41) is 128. The van der Waals surface area contributed by atoms with Crippen LogP contribution in [0.25, 0.3) is 0 Å². The summed E-state index contributed by atoms with van der Waals surface area (Å²) in [6.07, 6.45) is -6.61. The van der Waals surface area contributed by atoms with E-state index in [2.05, 4.69) is 0 Å². The highest BCUT2D eigenvalue weighted by Crippen LogP contribution is 2.24. The molecule has 0 aromatic carbocycles. The van der Waals surface area contributed by atoms with E-state index < -0.39 is 127 Å². The minimum atomic E-state index is -2.86. The van der Waals surface area contributed by atoms with Gasteiger partial charge in [-0.25, -0.2) is 0 Å². The van der Waals surface area contributed by atoms with Crippen LogP contribution in [-0.2, 0) is 9.59 Å². The number of nitrogens with zero attached hydrogens (tertiary/aromatic N) is 6. The van der Waals surface area contributed by atoms with Crippen LogP contribution in [0.15, 0.2) is 0 Å². The lowest BCUT2D eigenvalue weighted by Crippen LogP contribution is -2.45. The highest BCUT2D eigenvalue weighted by Gasteiger charge is 2.42. The fourth-order valence-electron chi connectivity index (χ4n) is 7.31. The lowest BCUT2D eigenvalue weighted by atomic mass is 9.90. The number of rotatable bonds is 40. The molecule has 0 heterocycles. The molecule has 0 aromatic heterocycles.